The fraction of sp³-hybridized carbons (Fsp3) is 0.269. The summed E-state index contributed by atoms with van der Waals surface area (Å²) in [6.45, 7) is 3.40. The smallest absolute Gasteiger partial charge is 0.325 e. The van der Waals surface area contributed by atoms with Gasteiger partial charge in [0, 0.05) is 5.69 Å². The zero-order valence-electron chi connectivity index (χ0n) is 21.2. The Balaban J connectivity index is 2.16. The number of esters is 1. The van der Waals surface area contributed by atoms with Crippen LogP contribution in [-0.4, -0.2) is 48.3 Å². The number of nitrogens with two attached hydrogens (primary N) is 2. The van der Waals surface area contributed by atoms with Crippen LogP contribution in [0.25, 0.3) is 0 Å². The molecule has 1 aromatic heterocycles. The molecule has 0 radical (unpaired) electrons. The third kappa shape index (κ3) is 6.27. The molecule has 0 aliphatic carbocycles. The monoisotopic (exact) mass is 539 g/mol. The molecular weight excluding hydrogens is 510 g/mol. The molecule has 1 unspecified atom stereocenters. The fourth-order valence-electron chi connectivity index (χ4n) is 3.69. The van der Waals surface area contributed by atoms with Crippen LogP contribution in [0.5, 0.6) is 5.75 Å². The maximum atomic E-state index is 14.0. The van der Waals surface area contributed by atoms with Crippen molar-refractivity contribution in [2.24, 2.45) is 5.73 Å². The van der Waals surface area contributed by atoms with Gasteiger partial charge in [0.25, 0.3) is 11.8 Å². The third-order valence-electron chi connectivity index (χ3n) is 5.65. The highest BCUT2D eigenvalue weighted by Crippen LogP contribution is 2.34. The predicted molar refractivity (Wildman–Crippen MR) is 143 cm³/mol. The Labute approximate surface area is 223 Å². The van der Waals surface area contributed by atoms with Crippen LogP contribution in [0.2, 0.25) is 0 Å². The summed E-state index contributed by atoms with van der Waals surface area (Å²) in [4.78, 5) is 52.5. The topological polar surface area (TPSA) is 167 Å². The first kappa shape index (κ1) is 28.1. The Bertz CT molecular complexity index is 1310. The van der Waals surface area contributed by atoms with Crippen LogP contribution in [-0.2, 0) is 20.7 Å². The molecule has 0 spiro atoms. The summed E-state index contributed by atoms with van der Waals surface area (Å²) in [6.07, 6.45) is 0.764. The minimum Gasteiger partial charge on any atom is -0.497 e. The number of amides is 3. The molecule has 3 rings (SSSR count). The minimum atomic E-state index is -1.24. The van der Waals surface area contributed by atoms with Gasteiger partial charge in [-0.2, -0.15) is 4.37 Å². The van der Waals surface area contributed by atoms with Crippen molar-refractivity contribution < 1.29 is 28.7 Å². The Morgan fingerprint density at radius 3 is 2.24 bits per heavy atom. The van der Waals surface area contributed by atoms with E-state index in [0.717, 1.165) is 12.0 Å². The summed E-state index contributed by atoms with van der Waals surface area (Å²) in [5, 5.41) is 2.56. The lowest BCUT2D eigenvalue weighted by molar-refractivity contribution is -0.143. The van der Waals surface area contributed by atoms with Crippen LogP contribution in [0.1, 0.15) is 51.2 Å². The van der Waals surface area contributed by atoms with Crippen LogP contribution in [0, 0.1) is 0 Å². The van der Waals surface area contributed by atoms with Crippen molar-refractivity contribution in [3.63, 3.8) is 0 Å². The number of nitrogens with zero attached hydrogens (tertiary/aromatic N) is 2. The SMILES string of the molecule is CCOC(=O)CNC(=O)C(c1ccc(OC)cc1)N(C(=O)c1snc(C(N)=O)c1N)c1ccc(CC)cc1. The zero-order valence-corrected chi connectivity index (χ0v) is 22.0. The number of carbonyl (C=O) groups is 4. The predicted octanol–water partition coefficient (Wildman–Crippen LogP) is 2.46. The number of hydrogen-bond donors (Lipinski definition) is 3. The molecule has 2 aromatic carbocycles. The van der Waals surface area contributed by atoms with Crippen LogP contribution < -0.4 is 26.4 Å². The Morgan fingerprint density at radius 2 is 1.71 bits per heavy atom. The van der Waals surface area contributed by atoms with Gasteiger partial charge in [0.2, 0.25) is 5.91 Å². The lowest BCUT2D eigenvalue weighted by Crippen LogP contribution is -2.45. The number of aryl methyl sites for hydroxylation is 1. The van der Waals surface area contributed by atoms with Crippen LogP contribution >= 0.6 is 11.5 Å². The van der Waals surface area contributed by atoms with Crippen molar-refractivity contribution in [1.82, 2.24) is 9.69 Å². The molecule has 0 bridgehead atoms. The Hall–Kier alpha value is -4.45. The van der Waals surface area contributed by atoms with E-state index in [1.807, 2.05) is 19.1 Å². The number of rotatable bonds is 11. The van der Waals surface area contributed by atoms with E-state index < -0.39 is 36.3 Å². The van der Waals surface area contributed by atoms with E-state index in [-0.39, 0.29) is 22.9 Å². The number of methoxy groups -OCH3 is 1. The molecule has 3 aromatic rings. The largest absolute Gasteiger partial charge is 0.497 e. The first-order valence-corrected chi connectivity index (χ1v) is 12.5. The number of anilines is 2. The highest BCUT2D eigenvalue weighted by molar-refractivity contribution is 7.09. The second-order valence-electron chi connectivity index (χ2n) is 8.03. The van der Waals surface area contributed by atoms with Crippen LogP contribution in [0.4, 0.5) is 11.4 Å². The number of ether oxygens (including phenoxy) is 2. The van der Waals surface area contributed by atoms with E-state index in [1.54, 1.807) is 43.3 Å². The van der Waals surface area contributed by atoms with Gasteiger partial charge in [-0.05, 0) is 60.3 Å². The maximum Gasteiger partial charge on any atom is 0.325 e. The molecule has 0 saturated heterocycles. The van der Waals surface area contributed by atoms with Crippen molar-refractivity contribution in [1.29, 1.82) is 0 Å². The number of carbonyl (C=O) groups excluding carboxylic acids is 4. The normalized spacial score (nSPS) is 11.3. The first-order chi connectivity index (χ1) is 18.2. The maximum absolute atomic E-state index is 14.0. The molecular formula is C26H29N5O6S. The van der Waals surface area contributed by atoms with E-state index in [1.165, 1.54) is 12.0 Å². The molecule has 38 heavy (non-hydrogen) atoms. The number of benzene rings is 2. The highest BCUT2D eigenvalue weighted by atomic mass is 32.1. The average molecular weight is 540 g/mol. The molecule has 11 nitrogen and oxygen atoms in total. The molecule has 3 amide bonds. The van der Waals surface area contributed by atoms with Crippen LogP contribution in [0.3, 0.4) is 0 Å². The van der Waals surface area contributed by atoms with Gasteiger partial charge >= 0.3 is 5.97 Å². The van der Waals surface area contributed by atoms with Gasteiger partial charge in [-0.15, -0.1) is 0 Å². The van der Waals surface area contributed by atoms with Gasteiger partial charge in [-0.25, -0.2) is 0 Å². The average Bonchev–Trinajstić information content (AvgIpc) is 3.32. The summed E-state index contributed by atoms with van der Waals surface area (Å²) in [6, 6.07) is 12.4. The lowest BCUT2D eigenvalue weighted by Gasteiger charge is -2.31. The van der Waals surface area contributed by atoms with E-state index in [9.17, 15) is 19.2 Å². The van der Waals surface area contributed by atoms with Crippen molar-refractivity contribution in [3.8, 4) is 5.75 Å². The summed E-state index contributed by atoms with van der Waals surface area (Å²) < 4.78 is 14.1. The summed E-state index contributed by atoms with van der Waals surface area (Å²) in [5.41, 5.74) is 12.8. The number of hydrogen-bond acceptors (Lipinski definition) is 9. The van der Waals surface area contributed by atoms with Gasteiger partial charge in [-0.1, -0.05) is 31.2 Å². The van der Waals surface area contributed by atoms with Crippen molar-refractivity contribution in [2.45, 2.75) is 26.3 Å². The molecule has 0 aliphatic rings. The molecule has 0 saturated carbocycles. The number of nitrogens with one attached hydrogen (secondary N) is 1. The van der Waals surface area contributed by atoms with Gasteiger partial charge < -0.3 is 26.3 Å². The van der Waals surface area contributed by atoms with E-state index in [2.05, 4.69) is 9.69 Å². The summed E-state index contributed by atoms with van der Waals surface area (Å²) in [7, 11) is 1.51. The first-order valence-electron chi connectivity index (χ1n) is 11.8. The van der Waals surface area contributed by atoms with Crippen molar-refractivity contribution in [2.75, 3.05) is 30.9 Å². The summed E-state index contributed by atoms with van der Waals surface area (Å²) in [5.74, 6) is -2.28. The molecule has 5 N–H and O–H groups in total. The van der Waals surface area contributed by atoms with Crippen LogP contribution in [0.15, 0.2) is 48.5 Å². The third-order valence-corrected chi connectivity index (χ3v) is 6.50. The van der Waals surface area contributed by atoms with Gasteiger partial charge in [-0.3, -0.25) is 24.1 Å². The molecule has 0 fully saturated rings. The Kier molecular flexibility index (Phi) is 9.39. The van der Waals surface area contributed by atoms with E-state index >= 15 is 0 Å². The fourth-order valence-corrected chi connectivity index (χ4v) is 4.43. The van der Waals surface area contributed by atoms with E-state index in [4.69, 9.17) is 20.9 Å². The summed E-state index contributed by atoms with van der Waals surface area (Å²) >= 11 is 0.706. The zero-order chi connectivity index (χ0) is 27.8. The van der Waals surface area contributed by atoms with Crippen molar-refractivity contribution >= 4 is 46.6 Å². The molecule has 1 heterocycles. The molecule has 12 heteroatoms. The number of aromatic nitrogens is 1. The molecule has 0 aliphatic heterocycles. The highest BCUT2D eigenvalue weighted by Gasteiger charge is 2.36. The standard InChI is InChI=1S/C26H29N5O6S/c1-4-15-6-10-17(11-7-15)31(26(35)23-20(27)21(24(28)33)30-38-23)22(16-8-12-18(36-3)13-9-16)25(34)29-14-19(32)37-5-2/h6-13,22H,4-5,14,27H2,1-3H3,(H2,28,33)(H,29,34). The molecule has 1 atom stereocenters. The van der Waals surface area contributed by atoms with Gasteiger partial charge in [0.05, 0.1) is 19.4 Å². The number of nitrogen functional groups attached to an aromatic ring is 1. The van der Waals surface area contributed by atoms with Gasteiger partial charge in [0.1, 0.15) is 23.2 Å². The molecule has 200 valence electrons. The minimum absolute atomic E-state index is 0.0601. The second-order valence-corrected chi connectivity index (χ2v) is 8.81. The second kappa shape index (κ2) is 12.7. The lowest BCUT2D eigenvalue weighted by atomic mass is 10.0. The van der Waals surface area contributed by atoms with Crippen molar-refractivity contribution in [3.05, 3.63) is 70.2 Å². The van der Waals surface area contributed by atoms with Gasteiger partial charge in [0.15, 0.2) is 5.69 Å². The quantitative estimate of drug-likeness (QED) is 0.312. The Morgan fingerprint density at radius 1 is 1.05 bits per heavy atom. The number of primary amides is 1. The van der Waals surface area contributed by atoms with E-state index in [0.29, 0.717) is 28.5 Å².